The number of ether oxygens (including phenoxy) is 1. The second kappa shape index (κ2) is 6.05. The fourth-order valence-corrected chi connectivity index (χ4v) is 1.44. The molecule has 0 bridgehead atoms. The molecule has 1 fully saturated rings. The van der Waals surface area contributed by atoms with Crippen molar-refractivity contribution in [3.05, 3.63) is 0 Å². The molecular weight excluding hydrogens is 225 g/mol. The van der Waals surface area contributed by atoms with Gasteiger partial charge in [0.25, 0.3) is 0 Å². The maximum absolute atomic E-state index is 11.7. The third kappa shape index (κ3) is 5.92. The van der Waals surface area contributed by atoms with Crippen molar-refractivity contribution in [1.82, 2.24) is 10.6 Å². The standard InChI is InChI=1S/C9H15F3N2O2/c10-9(11,12)6-16-4-3-13-5-7-1-2-8(15)14-7/h7,13H,1-6H2,(H,14,15). The molecule has 1 unspecified atom stereocenters. The van der Waals surface area contributed by atoms with Crippen molar-refractivity contribution >= 4 is 5.91 Å². The van der Waals surface area contributed by atoms with E-state index < -0.39 is 12.8 Å². The van der Waals surface area contributed by atoms with Crippen molar-refractivity contribution in [2.24, 2.45) is 0 Å². The highest BCUT2D eigenvalue weighted by Crippen LogP contribution is 2.13. The van der Waals surface area contributed by atoms with Crippen LogP contribution in [0.5, 0.6) is 0 Å². The molecule has 1 aliphatic rings. The largest absolute Gasteiger partial charge is 0.411 e. The monoisotopic (exact) mass is 240 g/mol. The molecule has 4 nitrogen and oxygen atoms in total. The Morgan fingerprint density at radius 1 is 1.50 bits per heavy atom. The van der Waals surface area contributed by atoms with Crippen molar-refractivity contribution < 1.29 is 22.7 Å². The van der Waals surface area contributed by atoms with Crippen molar-refractivity contribution in [2.75, 3.05) is 26.3 Å². The second-order valence-corrected chi connectivity index (χ2v) is 3.68. The Hall–Kier alpha value is -0.820. The summed E-state index contributed by atoms with van der Waals surface area (Å²) < 4.78 is 39.4. The van der Waals surface area contributed by atoms with Crippen LogP contribution < -0.4 is 10.6 Å². The van der Waals surface area contributed by atoms with Gasteiger partial charge in [0.05, 0.1) is 6.61 Å². The third-order valence-electron chi connectivity index (χ3n) is 2.16. The Bertz CT molecular complexity index is 233. The van der Waals surface area contributed by atoms with Crippen LogP contribution in [-0.4, -0.2) is 44.4 Å². The van der Waals surface area contributed by atoms with Gasteiger partial charge in [0.2, 0.25) is 5.91 Å². The van der Waals surface area contributed by atoms with Gasteiger partial charge in [0.1, 0.15) is 6.61 Å². The molecule has 16 heavy (non-hydrogen) atoms. The average Bonchev–Trinajstić information content (AvgIpc) is 2.56. The first kappa shape index (κ1) is 13.2. The SMILES string of the molecule is O=C1CCC(CNCCOCC(F)(F)F)N1. The number of hydrogen-bond acceptors (Lipinski definition) is 3. The Kier molecular flexibility index (Phi) is 5.01. The van der Waals surface area contributed by atoms with E-state index >= 15 is 0 Å². The summed E-state index contributed by atoms with van der Waals surface area (Å²) >= 11 is 0. The predicted molar refractivity (Wildman–Crippen MR) is 50.9 cm³/mol. The zero-order valence-electron chi connectivity index (χ0n) is 8.77. The van der Waals surface area contributed by atoms with Gasteiger partial charge in [-0.25, -0.2) is 0 Å². The lowest BCUT2D eigenvalue weighted by molar-refractivity contribution is -0.173. The molecular formula is C9H15F3N2O2. The van der Waals surface area contributed by atoms with E-state index in [9.17, 15) is 18.0 Å². The minimum atomic E-state index is -4.26. The van der Waals surface area contributed by atoms with Crippen LogP contribution in [0.2, 0.25) is 0 Å². The molecule has 94 valence electrons. The summed E-state index contributed by atoms with van der Waals surface area (Å²) in [5, 5.41) is 5.67. The van der Waals surface area contributed by atoms with Gasteiger partial charge in [-0.05, 0) is 6.42 Å². The van der Waals surface area contributed by atoms with Crippen molar-refractivity contribution in [3.63, 3.8) is 0 Å². The van der Waals surface area contributed by atoms with Gasteiger partial charge in [0, 0.05) is 25.6 Å². The summed E-state index contributed by atoms with van der Waals surface area (Å²) in [6.07, 6.45) is -2.97. The summed E-state index contributed by atoms with van der Waals surface area (Å²) in [7, 11) is 0. The van der Waals surface area contributed by atoms with Crippen LogP contribution in [0.3, 0.4) is 0 Å². The van der Waals surface area contributed by atoms with Crippen molar-refractivity contribution in [2.45, 2.75) is 25.1 Å². The number of halogens is 3. The van der Waals surface area contributed by atoms with E-state index in [1.807, 2.05) is 0 Å². The van der Waals surface area contributed by atoms with Crippen LogP contribution in [0.4, 0.5) is 13.2 Å². The first-order valence-corrected chi connectivity index (χ1v) is 5.12. The van der Waals surface area contributed by atoms with Crippen molar-refractivity contribution in [1.29, 1.82) is 0 Å². The fraction of sp³-hybridized carbons (Fsp3) is 0.889. The summed E-state index contributed by atoms with van der Waals surface area (Å²) in [6.45, 7) is -0.279. The van der Waals surface area contributed by atoms with Crippen LogP contribution >= 0.6 is 0 Å². The number of alkyl halides is 3. The normalized spacial score (nSPS) is 21.2. The van der Waals surface area contributed by atoms with Gasteiger partial charge < -0.3 is 15.4 Å². The van der Waals surface area contributed by atoms with Gasteiger partial charge in [-0.3, -0.25) is 4.79 Å². The molecule has 2 N–H and O–H groups in total. The van der Waals surface area contributed by atoms with E-state index in [-0.39, 0.29) is 18.6 Å². The zero-order chi connectivity index (χ0) is 12.0. The molecule has 1 rings (SSSR count). The lowest BCUT2D eigenvalue weighted by Gasteiger charge is -2.11. The highest BCUT2D eigenvalue weighted by molar-refractivity contribution is 5.78. The fourth-order valence-electron chi connectivity index (χ4n) is 1.44. The summed E-state index contributed by atoms with van der Waals surface area (Å²) in [4.78, 5) is 10.8. The molecule has 1 saturated heterocycles. The molecule has 0 aromatic rings. The van der Waals surface area contributed by atoms with Gasteiger partial charge >= 0.3 is 6.18 Å². The van der Waals surface area contributed by atoms with Gasteiger partial charge in [0.15, 0.2) is 0 Å². The maximum atomic E-state index is 11.7. The maximum Gasteiger partial charge on any atom is 0.411 e. The smallest absolute Gasteiger partial charge is 0.371 e. The number of rotatable bonds is 6. The second-order valence-electron chi connectivity index (χ2n) is 3.68. The number of hydrogen-bond donors (Lipinski definition) is 2. The van der Waals surface area contributed by atoms with E-state index in [0.717, 1.165) is 6.42 Å². The number of amides is 1. The van der Waals surface area contributed by atoms with Crippen LogP contribution in [0.1, 0.15) is 12.8 Å². The molecule has 0 radical (unpaired) electrons. The molecule has 1 aliphatic heterocycles. The first-order valence-electron chi connectivity index (χ1n) is 5.12. The van der Waals surface area contributed by atoms with Gasteiger partial charge in [-0.1, -0.05) is 0 Å². The highest BCUT2D eigenvalue weighted by atomic mass is 19.4. The lowest BCUT2D eigenvalue weighted by Crippen LogP contribution is -2.37. The van der Waals surface area contributed by atoms with Crippen molar-refractivity contribution in [3.8, 4) is 0 Å². The summed E-state index contributed by atoms with van der Waals surface area (Å²) in [5.74, 6) is 0.0279. The van der Waals surface area contributed by atoms with Crippen LogP contribution in [0.25, 0.3) is 0 Å². The molecule has 1 atom stereocenters. The summed E-state index contributed by atoms with van der Waals surface area (Å²) in [5.41, 5.74) is 0. The Balaban J connectivity index is 1.90. The van der Waals surface area contributed by atoms with E-state index in [4.69, 9.17) is 0 Å². The van der Waals surface area contributed by atoms with Crippen LogP contribution in [0.15, 0.2) is 0 Å². The first-order chi connectivity index (χ1) is 7.47. The molecule has 0 saturated carbocycles. The molecule has 1 amide bonds. The molecule has 0 aromatic carbocycles. The minimum absolute atomic E-state index is 0.0141. The Labute approximate surface area is 91.5 Å². The Morgan fingerprint density at radius 2 is 2.25 bits per heavy atom. The van der Waals surface area contributed by atoms with E-state index in [2.05, 4.69) is 15.4 Å². The Morgan fingerprint density at radius 3 is 2.81 bits per heavy atom. The predicted octanol–water partition coefficient (Wildman–Crippen LogP) is 0.433. The zero-order valence-corrected chi connectivity index (χ0v) is 8.77. The number of nitrogens with one attached hydrogen (secondary N) is 2. The summed E-state index contributed by atoms with van der Waals surface area (Å²) in [6, 6.07) is 0.0927. The van der Waals surface area contributed by atoms with E-state index in [1.54, 1.807) is 0 Å². The van der Waals surface area contributed by atoms with Crippen LogP contribution in [0, 0.1) is 0 Å². The topological polar surface area (TPSA) is 50.4 Å². The number of carbonyl (C=O) groups is 1. The molecule has 0 aliphatic carbocycles. The minimum Gasteiger partial charge on any atom is -0.371 e. The quantitative estimate of drug-likeness (QED) is 0.662. The molecule has 7 heteroatoms. The molecule has 0 spiro atoms. The van der Waals surface area contributed by atoms with Gasteiger partial charge in [-0.2, -0.15) is 13.2 Å². The molecule has 1 heterocycles. The lowest BCUT2D eigenvalue weighted by atomic mass is 10.2. The number of carbonyl (C=O) groups excluding carboxylic acids is 1. The van der Waals surface area contributed by atoms with E-state index in [1.165, 1.54) is 0 Å². The average molecular weight is 240 g/mol. The van der Waals surface area contributed by atoms with E-state index in [0.29, 0.717) is 19.5 Å². The van der Waals surface area contributed by atoms with Crippen LogP contribution in [-0.2, 0) is 9.53 Å². The molecule has 0 aromatic heterocycles. The third-order valence-corrected chi connectivity index (χ3v) is 2.16. The van der Waals surface area contributed by atoms with Gasteiger partial charge in [-0.15, -0.1) is 0 Å². The highest BCUT2D eigenvalue weighted by Gasteiger charge is 2.27.